The highest BCUT2D eigenvalue weighted by atomic mass is 16.6. The third kappa shape index (κ3) is 3.33. The lowest BCUT2D eigenvalue weighted by molar-refractivity contribution is -0.140. The Bertz CT molecular complexity index is 520. The van der Waals surface area contributed by atoms with E-state index in [-0.39, 0.29) is 37.4 Å². The number of fused-ring (bicyclic) bond motifs is 1. The molecule has 2 heterocycles. The minimum Gasteiger partial charge on any atom is -0.445 e. The molecule has 2 saturated heterocycles. The maximum absolute atomic E-state index is 12.1. The summed E-state index contributed by atoms with van der Waals surface area (Å²) in [5.41, 5.74) is 0.960. The summed E-state index contributed by atoms with van der Waals surface area (Å²) in [5.74, 6) is -0.0867. The molecule has 6 heteroatoms. The summed E-state index contributed by atoms with van der Waals surface area (Å²) in [4.78, 5) is 25.0. The smallest absolute Gasteiger partial charge is 0.410 e. The van der Waals surface area contributed by atoms with Crippen LogP contribution in [0, 0.1) is 0 Å². The summed E-state index contributed by atoms with van der Waals surface area (Å²) in [6.07, 6.45) is 0.218. The van der Waals surface area contributed by atoms with E-state index in [4.69, 9.17) is 9.47 Å². The molecule has 0 radical (unpaired) electrons. The zero-order valence-corrected chi connectivity index (χ0v) is 11.7. The van der Waals surface area contributed by atoms with Crippen LogP contribution in [0.2, 0.25) is 0 Å². The number of carbonyl (C=O) groups excluding carboxylic acids is 2. The highest BCUT2D eigenvalue weighted by Crippen LogP contribution is 2.18. The Labute approximate surface area is 123 Å². The molecule has 0 bridgehead atoms. The number of ether oxygens (including phenoxy) is 2. The molecular formula is C15H18N2O4. The van der Waals surface area contributed by atoms with Gasteiger partial charge in [0.05, 0.1) is 18.7 Å². The number of hydrogen-bond acceptors (Lipinski definition) is 4. The molecule has 21 heavy (non-hydrogen) atoms. The van der Waals surface area contributed by atoms with Gasteiger partial charge in [-0.25, -0.2) is 4.79 Å². The first-order valence-corrected chi connectivity index (χ1v) is 7.09. The minimum atomic E-state index is -0.335. The molecule has 112 valence electrons. The van der Waals surface area contributed by atoms with Crippen LogP contribution in [-0.4, -0.2) is 48.7 Å². The van der Waals surface area contributed by atoms with Crippen molar-refractivity contribution in [2.75, 3.05) is 19.7 Å². The molecule has 0 unspecified atom stereocenters. The molecule has 6 nitrogen and oxygen atoms in total. The standard InChI is InChI=1S/C15H18N2O4/c18-14-10-20-13-8-17(7-6-12(13)16-14)15(19)21-9-11-4-2-1-3-5-11/h1-5,12-13H,6-10H2,(H,16,18)/t12-,13-/m0/s1. The van der Waals surface area contributed by atoms with Gasteiger partial charge < -0.3 is 19.7 Å². The van der Waals surface area contributed by atoms with Crippen molar-refractivity contribution in [2.24, 2.45) is 0 Å². The molecule has 0 spiro atoms. The Balaban J connectivity index is 1.51. The Hall–Kier alpha value is -2.08. The lowest BCUT2D eigenvalue weighted by Crippen LogP contribution is -2.60. The summed E-state index contributed by atoms with van der Waals surface area (Å²) in [5, 5.41) is 2.89. The fraction of sp³-hybridized carbons (Fsp3) is 0.467. The van der Waals surface area contributed by atoms with E-state index in [2.05, 4.69) is 5.32 Å². The van der Waals surface area contributed by atoms with Crippen molar-refractivity contribution in [1.29, 1.82) is 0 Å². The van der Waals surface area contributed by atoms with E-state index in [1.165, 1.54) is 0 Å². The van der Waals surface area contributed by atoms with E-state index in [0.29, 0.717) is 19.5 Å². The highest BCUT2D eigenvalue weighted by Gasteiger charge is 2.36. The van der Waals surface area contributed by atoms with Gasteiger partial charge in [0.2, 0.25) is 5.91 Å². The summed E-state index contributed by atoms with van der Waals surface area (Å²) in [6, 6.07) is 9.58. The Morgan fingerprint density at radius 1 is 1.38 bits per heavy atom. The quantitative estimate of drug-likeness (QED) is 0.879. The van der Waals surface area contributed by atoms with Crippen molar-refractivity contribution in [3.8, 4) is 0 Å². The molecule has 2 fully saturated rings. The molecule has 2 aliphatic heterocycles. The predicted molar refractivity (Wildman–Crippen MR) is 74.5 cm³/mol. The normalized spacial score (nSPS) is 25.0. The van der Waals surface area contributed by atoms with Crippen LogP contribution in [0.1, 0.15) is 12.0 Å². The fourth-order valence-corrected chi connectivity index (χ4v) is 2.66. The van der Waals surface area contributed by atoms with E-state index < -0.39 is 0 Å². The molecule has 0 saturated carbocycles. The average Bonchev–Trinajstić information content (AvgIpc) is 2.53. The van der Waals surface area contributed by atoms with Gasteiger partial charge in [-0.3, -0.25) is 4.79 Å². The number of morpholine rings is 1. The molecule has 3 rings (SSSR count). The highest BCUT2D eigenvalue weighted by molar-refractivity contribution is 5.78. The van der Waals surface area contributed by atoms with Crippen molar-refractivity contribution in [1.82, 2.24) is 10.2 Å². The Morgan fingerprint density at radius 3 is 3.00 bits per heavy atom. The van der Waals surface area contributed by atoms with Gasteiger partial charge in [-0.1, -0.05) is 30.3 Å². The first-order valence-electron chi connectivity index (χ1n) is 7.09. The second-order valence-electron chi connectivity index (χ2n) is 5.30. The summed E-state index contributed by atoms with van der Waals surface area (Å²) in [7, 11) is 0. The SMILES string of the molecule is O=C1CO[C@H]2CN(C(=O)OCc3ccccc3)CC[C@@H]2N1. The van der Waals surface area contributed by atoms with Gasteiger partial charge in [0.25, 0.3) is 0 Å². The zero-order chi connectivity index (χ0) is 14.7. The second kappa shape index (κ2) is 6.13. The number of benzene rings is 1. The number of carbonyl (C=O) groups is 2. The lowest BCUT2D eigenvalue weighted by atomic mass is 10.0. The van der Waals surface area contributed by atoms with Crippen molar-refractivity contribution in [3.05, 3.63) is 35.9 Å². The van der Waals surface area contributed by atoms with Crippen LogP contribution in [-0.2, 0) is 20.9 Å². The van der Waals surface area contributed by atoms with E-state index >= 15 is 0 Å². The van der Waals surface area contributed by atoms with E-state index in [0.717, 1.165) is 5.56 Å². The van der Waals surface area contributed by atoms with Crippen LogP contribution in [0.15, 0.2) is 30.3 Å². The number of amides is 2. The topological polar surface area (TPSA) is 67.9 Å². The van der Waals surface area contributed by atoms with Gasteiger partial charge in [0.1, 0.15) is 13.2 Å². The number of rotatable bonds is 2. The van der Waals surface area contributed by atoms with Crippen molar-refractivity contribution in [3.63, 3.8) is 0 Å². The monoisotopic (exact) mass is 290 g/mol. The molecule has 1 aromatic rings. The van der Waals surface area contributed by atoms with Gasteiger partial charge in [-0.15, -0.1) is 0 Å². The molecule has 2 amide bonds. The minimum absolute atomic E-state index is 0.00410. The molecule has 1 N–H and O–H groups in total. The van der Waals surface area contributed by atoms with Crippen LogP contribution < -0.4 is 5.32 Å². The number of nitrogens with zero attached hydrogens (tertiary/aromatic N) is 1. The molecule has 2 atom stereocenters. The van der Waals surface area contributed by atoms with Crippen LogP contribution in [0.25, 0.3) is 0 Å². The molecule has 1 aromatic carbocycles. The first kappa shape index (κ1) is 13.9. The van der Waals surface area contributed by atoms with E-state index in [1.54, 1.807) is 4.90 Å². The number of hydrogen-bond donors (Lipinski definition) is 1. The van der Waals surface area contributed by atoms with Crippen molar-refractivity contribution in [2.45, 2.75) is 25.2 Å². The maximum atomic E-state index is 12.1. The van der Waals surface area contributed by atoms with Gasteiger partial charge in [-0.05, 0) is 12.0 Å². The van der Waals surface area contributed by atoms with Crippen molar-refractivity contribution < 1.29 is 19.1 Å². The molecular weight excluding hydrogens is 272 g/mol. The van der Waals surface area contributed by atoms with E-state index in [9.17, 15) is 9.59 Å². The summed E-state index contributed by atoms with van der Waals surface area (Å²) in [6.45, 7) is 1.35. The average molecular weight is 290 g/mol. The third-order valence-electron chi connectivity index (χ3n) is 3.80. The van der Waals surface area contributed by atoms with Gasteiger partial charge >= 0.3 is 6.09 Å². The van der Waals surface area contributed by atoms with Gasteiger partial charge in [-0.2, -0.15) is 0 Å². The maximum Gasteiger partial charge on any atom is 0.410 e. The molecule has 2 aliphatic rings. The van der Waals surface area contributed by atoms with Crippen LogP contribution >= 0.6 is 0 Å². The van der Waals surface area contributed by atoms with Crippen LogP contribution in [0.4, 0.5) is 4.79 Å². The predicted octanol–water partition coefficient (Wildman–Crippen LogP) is 0.913. The number of nitrogens with one attached hydrogen (secondary N) is 1. The fourth-order valence-electron chi connectivity index (χ4n) is 2.66. The third-order valence-corrected chi connectivity index (χ3v) is 3.80. The lowest BCUT2D eigenvalue weighted by Gasteiger charge is -2.40. The van der Waals surface area contributed by atoms with Crippen LogP contribution in [0.5, 0.6) is 0 Å². The van der Waals surface area contributed by atoms with Gasteiger partial charge in [0.15, 0.2) is 0 Å². The number of likely N-dealkylation sites (tertiary alicyclic amines) is 1. The van der Waals surface area contributed by atoms with E-state index in [1.807, 2.05) is 30.3 Å². The Kier molecular flexibility index (Phi) is 4.06. The first-order chi connectivity index (χ1) is 10.2. The Morgan fingerprint density at radius 2 is 2.19 bits per heavy atom. The largest absolute Gasteiger partial charge is 0.445 e. The summed E-state index contributed by atoms with van der Waals surface area (Å²) < 4.78 is 10.8. The molecule has 0 aliphatic carbocycles. The summed E-state index contributed by atoms with van der Waals surface area (Å²) >= 11 is 0. The van der Waals surface area contributed by atoms with Crippen molar-refractivity contribution >= 4 is 12.0 Å². The number of piperidine rings is 1. The molecule has 0 aromatic heterocycles. The van der Waals surface area contributed by atoms with Gasteiger partial charge in [0, 0.05) is 6.54 Å². The second-order valence-corrected chi connectivity index (χ2v) is 5.30. The zero-order valence-electron chi connectivity index (χ0n) is 11.7. The van der Waals surface area contributed by atoms with Crippen LogP contribution in [0.3, 0.4) is 0 Å².